The molecule has 35 heavy (non-hydrogen) atoms. The van der Waals surface area contributed by atoms with Gasteiger partial charge in [-0.05, 0) is 42.0 Å². The quantitative estimate of drug-likeness (QED) is 0.287. The first-order valence-electron chi connectivity index (χ1n) is 10.0. The minimum absolute atomic E-state index is 0.194. The topological polar surface area (TPSA) is 88.2 Å². The van der Waals surface area contributed by atoms with Crippen molar-refractivity contribution in [3.8, 4) is 5.75 Å². The fraction of sp³-hybridized carbons (Fsp3) is 0.0870. The van der Waals surface area contributed by atoms with Crippen molar-refractivity contribution >= 4 is 34.3 Å². The number of fused-ring (bicyclic) bond motifs is 1. The maximum atomic E-state index is 13.4. The molecule has 12 heteroatoms. The molecule has 7 nitrogen and oxygen atoms in total. The number of amides is 2. The molecule has 0 spiro atoms. The SMILES string of the molecule is O=C(Nc1ccc(OC(F)(F)F)cc1)Nc1cccc(CNc2cnc3cc(F)c(F)cc3n2)c1. The summed E-state index contributed by atoms with van der Waals surface area (Å²) in [5, 5.41) is 8.15. The molecule has 1 aromatic heterocycles. The Morgan fingerprint density at radius 1 is 0.886 bits per heavy atom. The first-order valence-corrected chi connectivity index (χ1v) is 10.0. The fourth-order valence-corrected chi connectivity index (χ4v) is 3.08. The van der Waals surface area contributed by atoms with E-state index in [-0.39, 0.29) is 16.7 Å². The van der Waals surface area contributed by atoms with E-state index in [0.29, 0.717) is 18.1 Å². The predicted octanol–water partition coefficient (Wildman–Crippen LogP) is 6.06. The van der Waals surface area contributed by atoms with Crippen molar-refractivity contribution in [2.45, 2.75) is 12.9 Å². The minimum atomic E-state index is -4.80. The summed E-state index contributed by atoms with van der Waals surface area (Å²) in [5.74, 6) is -2.09. The molecule has 4 aromatic rings. The number of ether oxygens (including phenoxy) is 1. The number of anilines is 3. The third-order valence-corrected chi connectivity index (χ3v) is 4.59. The second-order valence-electron chi connectivity index (χ2n) is 7.22. The normalized spacial score (nSPS) is 11.2. The second kappa shape index (κ2) is 9.79. The van der Waals surface area contributed by atoms with Gasteiger partial charge in [-0.15, -0.1) is 13.2 Å². The lowest BCUT2D eigenvalue weighted by atomic mass is 10.2. The van der Waals surface area contributed by atoms with Crippen molar-refractivity contribution < 1.29 is 31.5 Å². The molecule has 0 atom stereocenters. The number of nitrogens with zero attached hydrogens (tertiary/aromatic N) is 2. The molecule has 0 aliphatic carbocycles. The smallest absolute Gasteiger partial charge is 0.406 e. The number of rotatable bonds is 6. The van der Waals surface area contributed by atoms with Gasteiger partial charge in [0.2, 0.25) is 0 Å². The van der Waals surface area contributed by atoms with Crippen LogP contribution in [0.4, 0.5) is 43.9 Å². The molecule has 0 radical (unpaired) electrons. The zero-order valence-electron chi connectivity index (χ0n) is 17.7. The number of carbonyl (C=O) groups excluding carboxylic acids is 1. The molecule has 0 unspecified atom stereocenters. The first kappa shape index (κ1) is 23.7. The average molecular weight is 489 g/mol. The third kappa shape index (κ3) is 6.53. The van der Waals surface area contributed by atoms with Crippen LogP contribution in [0.2, 0.25) is 0 Å². The molecule has 180 valence electrons. The number of hydrogen-bond acceptors (Lipinski definition) is 5. The van der Waals surface area contributed by atoms with Crippen LogP contribution in [0.1, 0.15) is 5.56 Å². The number of aromatic nitrogens is 2. The lowest BCUT2D eigenvalue weighted by Gasteiger charge is -2.11. The van der Waals surface area contributed by atoms with Gasteiger partial charge in [-0.1, -0.05) is 12.1 Å². The van der Waals surface area contributed by atoms with Gasteiger partial charge in [0.15, 0.2) is 11.6 Å². The van der Waals surface area contributed by atoms with Gasteiger partial charge < -0.3 is 20.7 Å². The van der Waals surface area contributed by atoms with Crippen molar-refractivity contribution in [1.82, 2.24) is 9.97 Å². The number of urea groups is 1. The summed E-state index contributed by atoms with van der Waals surface area (Å²) in [6.07, 6.45) is -3.41. The van der Waals surface area contributed by atoms with Gasteiger partial charge in [-0.25, -0.2) is 18.6 Å². The highest BCUT2D eigenvalue weighted by Crippen LogP contribution is 2.24. The van der Waals surface area contributed by atoms with Crippen LogP contribution >= 0.6 is 0 Å². The Bertz CT molecular complexity index is 1360. The standard InChI is InChI=1S/C23H16F5N5O2/c24-17-9-19-20(10-18(17)25)33-21(12-29-19)30-11-13-2-1-3-15(8-13)32-22(34)31-14-4-6-16(7-5-14)35-23(26,27)28/h1-10,12H,11H2,(H,30,33)(H2,31,32,34). The van der Waals surface area contributed by atoms with Crippen LogP contribution in [-0.2, 0) is 6.54 Å². The summed E-state index contributed by atoms with van der Waals surface area (Å²) in [7, 11) is 0. The maximum absolute atomic E-state index is 13.4. The number of carbonyl (C=O) groups is 1. The van der Waals surface area contributed by atoms with E-state index < -0.39 is 29.8 Å². The summed E-state index contributed by atoms with van der Waals surface area (Å²) in [6.45, 7) is 0.293. The Morgan fingerprint density at radius 3 is 2.29 bits per heavy atom. The zero-order chi connectivity index (χ0) is 25.0. The molecule has 4 rings (SSSR count). The monoisotopic (exact) mass is 489 g/mol. The molecule has 0 aliphatic heterocycles. The number of halogens is 5. The Kier molecular flexibility index (Phi) is 6.62. The maximum Gasteiger partial charge on any atom is 0.573 e. The predicted molar refractivity (Wildman–Crippen MR) is 119 cm³/mol. The van der Waals surface area contributed by atoms with Gasteiger partial charge in [-0.2, -0.15) is 0 Å². The van der Waals surface area contributed by atoms with Crippen LogP contribution < -0.4 is 20.7 Å². The Balaban J connectivity index is 1.34. The van der Waals surface area contributed by atoms with Gasteiger partial charge in [-0.3, -0.25) is 4.98 Å². The van der Waals surface area contributed by atoms with Crippen molar-refractivity contribution in [3.05, 3.63) is 84.1 Å². The Morgan fingerprint density at radius 2 is 1.57 bits per heavy atom. The van der Waals surface area contributed by atoms with Crippen LogP contribution in [0.3, 0.4) is 0 Å². The van der Waals surface area contributed by atoms with Crippen molar-refractivity contribution in [2.75, 3.05) is 16.0 Å². The van der Waals surface area contributed by atoms with E-state index in [1.165, 1.54) is 18.3 Å². The zero-order valence-corrected chi connectivity index (χ0v) is 17.7. The van der Waals surface area contributed by atoms with E-state index in [1.807, 2.05) is 0 Å². The van der Waals surface area contributed by atoms with E-state index in [9.17, 15) is 26.7 Å². The number of alkyl halides is 3. The number of hydrogen-bond donors (Lipinski definition) is 3. The van der Waals surface area contributed by atoms with Gasteiger partial charge in [0.05, 0.1) is 17.2 Å². The van der Waals surface area contributed by atoms with E-state index in [1.54, 1.807) is 24.3 Å². The molecule has 0 saturated carbocycles. The van der Waals surface area contributed by atoms with Gasteiger partial charge in [0.25, 0.3) is 0 Å². The summed E-state index contributed by atoms with van der Waals surface area (Å²) >= 11 is 0. The largest absolute Gasteiger partial charge is 0.573 e. The molecule has 3 N–H and O–H groups in total. The van der Waals surface area contributed by atoms with Gasteiger partial charge >= 0.3 is 12.4 Å². The average Bonchev–Trinajstić information content (AvgIpc) is 2.79. The summed E-state index contributed by atoms with van der Waals surface area (Å²) < 4.78 is 67.2. The summed E-state index contributed by atoms with van der Waals surface area (Å²) in [6, 6.07) is 12.9. The van der Waals surface area contributed by atoms with Gasteiger partial charge in [0, 0.05) is 30.1 Å². The van der Waals surface area contributed by atoms with Crippen LogP contribution in [0.15, 0.2) is 66.9 Å². The van der Waals surface area contributed by atoms with Crippen LogP contribution in [0.5, 0.6) is 5.75 Å². The second-order valence-corrected chi connectivity index (χ2v) is 7.22. The Labute approximate surface area is 195 Å². The van der Waals surface area contributed by atoms with E-state index in [0.717, 1.165) is 29.8 Å². The molecule has 0 bridgehead atoms. The lowest BCUT2D eigenvalue weighted by Crippen LogP contribution is -2.20. The highest BCUT2D eigenvalue weighted by Gasteiger charge is 2.30. The molecule has 0 saturated heterocycles. The van der Waals surface area contributed by atoms with Crippen molar-refractivity contribution in [2.24, 2.45) is 0 Å². The lowest BCUT2D eigenvalue weighted by molar-refractivity contribution is -0.274. The van der Waals surface area contributed by atoms with Crippen molar-refractivity contribution in [1.29, 1.82) is 0 Å². The molecule has 0 aliphatic rings. The van der Waals surface area contributed by atoms with Crippen LogP contribution in [0, 0.1) is 11.6 Å². The Hall–Kier alpha value is -4.48. The highest BCUT2D eigenvalue weighted by molar-refractivity contribution is 5.99. The molecule has 3 aromatic carbocycles. The number of benzene rings is 3. The number of nitrogens with one attached hydrogen (secondary N) is 3. The van der Waals surface area contributed by atoms with Gasteiger partial charge in [0.1, 0.15) is 11.6 Å². The molecular weight excluding hydrogens is 473 g/mol. The van der Waals surface area contributed by atoms with Crippen molar-refractivity contribution in [3.63, 3.8) is 0 Å². The molecule has 2 amide bonds. The third-order valence-electron chi connectivity index (χ3n) is 4.59. The molecule has 1 heterocycles. The minimum Gasteiger partial charge on any atom is -0.406 e. The summed E-state index contributed by atoms with van der Waals surface area (Å²) in [4.78, 5) is 20.5. The van der Waals surface area contributed by atoms with E-state index >= 15 is 0 Å². The first-order chi connectivity index (χ1) is 16.6. The fourth-order valence-electron chi connectivity index (χ4n) is 3.08. The van der Waals surface area contributed by atoms with E-state index in [2.05, 4.69) is 30.7 Å². The van der Waals surface area contributed by atoms with E-state index in [4.69, 9.17) is 0 Å². The highest BCUT2D eigenvalue weighted by atomic mass is 19.4. The molecular formula is C23H16F5N5O2. The van der Waals surface area contributed by atoms with Crippen LogP contribution in [0.25, 0.3) is 11.0 Å². The summed E-state index contributed by atoms with van der Waals surface area (Å²) in [5.41, 5.74) is 1.90. The molecule has 0 fully saturated rings. The van der Waals surface area contributed by atoms with Crippen LogP contribution in [-0.4, -0.2) is 22.4 Å².